The summed E-state index contributed by atoms with van der Waals surface area (Å²) in [5.74, 6) is -2.54. The Hall–Kier alpha value is -1.56. The summed E-state index contributed by atoms with van der Waals surface area (Å²) in [6, 6.07) is 8.76. The summed E-state index contributed by atoms with van der Waals surface area (Å²) in [6.45, 7) is 0. The molecule has 1 unspecified atom stereocenters. The van der Waals surface area contributed by atoms with Crippen LogP contribution in [0.25, 0.3) is 0 Å². The minimum absolute atomic E-state index is 0.0271. The van der Waals surface area contributed by atoms with Crippen LogP contribution < -0.4 is 0 Å². The first-order valence-electron chi connectivity index (χ1n) is 8.40. The number of carbonyl (C=O) groups excluding carboxylic acids is 1. The van der Waals surface area contributed by atoms with Crippen LogP contribution in [0.4, 0.5) is 13.2 Å². The number of alkyl halides is 3. The zero-order valence-electron chi connectivity index (χ0n) is 14.4. The van der Waals surface area contributed by atoms with Crippen molar-refractivity contribution in [3.63, 3.8) is 0 Å². The molecule has 27 heavy (non-hydrogen) atoms. The maximum Gasteiger partial charge on any atom is 0.396 e. The lowest BCUT2D eigenvalue weighted by atomic mass is 9.90. The highest BCUT2D eigenvalue weighted by atomic mass is 35.5. The van der Waals surface area contributed by atoms with E-state index >= 15 is 0 Å². The summed E-state index contributed by atoms with van der Waals surface area (Å²) >= 11 is 11.7. The van der Waals surface area contributed by atoms with E-state index in [-0.39, 0.29) is 27.3 Å². The number of ether oxygens (including phenoxy) is 1. The molecule has 1 aliphatic rings. The van der Waals surface area contributed by atoms with Crippen LogP contribution in [0.3, 0.4) is 0 Å². The van der Waals surface area contributed by atoms with Gasteiger partial charge in [-0.05, 0) is 53.8 Å². The quantitative estimate of drug-likeness (QED) is 0.516. The van der Waals surface area contributed by atoms with Gasteiger partial charge in [-0.25, -0.2) is 0 Å². The molecule has 0 N–H and O–H groups in total. The van der Waals surface area contributed by atoms with Gasteiger partial charge in [0.05, 0.1) is 12.0 Å². The van der Waals surface area contributed by atoms with E-state index in [2.05, 4.69) is 0 Å². The molecule has 1 aliphatic carbocycles. The number of benzene rings is 2. The molecular formula is C20H17Cl2F3O2. The summed E-state index contributed by atoms with van der Waals surface area (Å²) in [7, 11) is 1.61. The third-order valence-electron chi connectivity index (χ3n) is 4.84. The predicted octanol–water partition coefficient (Wildman–Crippen LogP) is 6.55. The molecule has 0 aliphatic heterocycles. The van der Waals surface area contributed by atoms with Crippen molar-refractivity contribution in [2.24, 2.45) is 0 Å². The fraction of sp³-hybridized carbons (Fsp3) is 0.350. The molecule has 2 atom stereocenters. The largest absolute Gasteiger partial charge is 0.396 e. The van der Waals surface area contributed by atoms with Crippen molar-refractivity contribution in [1.29, 1.82) is 0 Å². The van der Waals surface area contributed by atoms with Gasteiger partial charge in [0.15, 0.2) is 5.78 Å². The first-order chi connectivity index (χ1) is 12.7. The fourth-order valence-corrected chi connectivity index (χ4v) is 4.04. The zero-order chi connectivity index (χ0) is 19.8. The Morgan fingerprint density at radius 3 is 2.44 bits per heavy atom. The van der Waals surface area contributed by atoms with Crippen molar-refractivity contribution >= 4 is 29.0 Å². The third-order valence-corrected chi connectivity index (χ3v) is 5.28. The van der Waals surface area contributed by atoms with E-state index in [0.717, 1.165) is 24.0 Å². The SMILES string of the molecule is COC1CCc2cc(C(=O)C[C@@H](c3cc(Cl)cc(Cl)c3)C(F)(F)F)ccc21. The van der Waals surface area contributed by atoms with Crippen molar-refractivity contribution in [1.82, 2.24) is 0 Å². The highest BCUT2D eigenvalue weighted by Crippen LogP contribution is 2.40. The molecule has 2 nitrogen and oxygen atoms in total. The summed E-state index contributed by atoms with van der Waals surface area (Å²) in [5.41, 5.74) is 2.09. The minimum Gasteiger partial charge on any atom is -0.377 e. The molecule has 0 heterocycles. The number of methoxy groups -OCH3 is 1. The first-order valence-corrected chi connectivity index (χ1v) is 9.16. The van der Waals surface area contributed by atoms with Gasteiger partial charge in [-0.2, -0.15) is 13.2 Å². The van der Waals surface area contributed by atoms with Gasteiger partial charge in [-0.3, -0.25) is 4.79 Å². The summed E-state index contributed by atoms with van der Waals surface area (Å²) in [5, 5.41) is 0.199. The topological polar surface area (TPSA) is 26.3 Å². The van der Waals surface area contributed by atoms with Crippen molar-refractivity contribution in [3.05, 3.63) is 68.7 Å². The second-order valence-corrected chi connectivity index (χ2v) is 7.47. The molecule has 0 bridgehead atoms. The Kier molecular flexibility index (Phi) is 5.84. The maximum atomic E-state index is 13.6. The van der Waals surface area contributed by atoms with E-state index in [1.165, 1.54) is 18.2 Å². The molecule has 0 saturated carbocycles. The number of rotatable bonds is 5. The van der Waals surface area contributed by atoms with E-state index in [9.17, 15) is 18.0 Å². The Bertz CT molecular complexity index is 845. The number of Topliss-reactive ketones (excluding diaryl/α,β-unsaturated/α-hetero) is 1. The normalized spacial score (nSPS) is 17.6. The number of halogens is 5. The van der Waals surface area contributed by atoms with Crippen molar-refractivity contribution in [2.75, 3.05) is 7.11 Å². The van der Waals surface area contributed by atoms with E-state index in [1.54, 1.807) is 25.3 Å². The number of carbonyl (C=O) groups is 1. The van der Waals surface area contributed by atoms with Crippen molar-refractivity contribution in [3.8, 4) is 0 Å². The van der Waals surface area contributed by atoms with Gasteiger partial charge in [0, 0.05) is 29.1 Å². The lowest BCUT2D eigenvalue weighted by Gasteiger charge is -2.21. The Morgan fingerprint density at radius 1 is 1.19 bits per heavy atom. The summed E-state index contributed by atoms with van der Waals surface area (Å²) in [4.78, 5) is 12.6. The molecule has 0 saturated heterocycles. The van der Waals surface area contributed by atoms with E-state index in [4.69, 9.17) is 27.9 Å². The van der Waals surface area contributed by atoms with Crippen molar-refractivity contribution in [2.45, 2.75) is 37.5 Å². The molecule has 3 rings (SSSR count). The monoisotopic (exact) mass is 416 g/mol. The van der Waals surface area contributed by atoms with Crippen LogP contribution in [0, 0.1) is 0 Å². The van der Waals surface area contributed by atoms with E-state index < -0.39 is 24.3 Å². The van der Waals surface area contributed by atoms with Crippen LogP contribution in [-0.2, 0) is 11.2 Å². The Balaban J connectivity index is 1.87. The highest BCUT2D eigenvalue weighted by Gasteiger charge is 2.42. The lowest BCUT2D eigenvalue weighted by Crippen LogP contribution is -2.24. The number of hydrogen-bond acceptors (Lipinski definition) is 2. The summed E-state index contributed by atoms with van der Waals surface area (Å²) < 4.78 is 46.2. The van der Waals surface area contributed by atoms with Gasteiger partial charge in [0.25, 0.3) is 0 Å². The predicted molar refractivity (Wildman–Crippen MR) is 98.7 cm³/mol. The molecule has 0 amide bonds. The van der Waals surface area contributed by atoms with Crippen LogP contribution in [-0.4, -0.2) is 19.1 Å². The van der Waals surface area contributed by atoms with Gasteiger partial charge in [-0.1, -0.05) is 35.3 Å². The van der Waals surface area contributed by atoms with Gasteiger partial charge in [-0.15, -0.1) is 0 Å². The molecule has 7 heteroatoms. The molecular weight excluding hydrogens is 400 g/mol. The number of hydrogen-bond donors (Lipinski definition) is 0. The fourth-order valence-electron chi connectivity index (χ4n) is 3.50. The van der Waals surface area contributed by atoms with Crippen LogP contribution in [0.2, 0.25) is 10.0 Å². The number of fused-ring (bicyclic) bond motifs is 1. The number of aryl methyl sites for hydroxylation is 1. The van der Waals surface area contributed by atoms with E-state index in [0.29, 0.717) is 0 Å². The van der Waals surface area contributed by atoms with Crippen LogP contribution in [0.15, 0.2) is 36.4 Å². The first kappa shape index (κ1) is 20.2. The standard InChI is InChI=1S/C20H17Cl2F3O2/c1-27-19-5-3-11-6-12(2-4-16(11)19)18(26)10-17(20(23,24)25)13-7-14(21)9-15(22)8-13/h2,4,6-9,17,19H,3,5,10H2,1H3/t17-,19?/m0/s1. The highest BCUT2D eigenvalue weighted by molar-refractivity contribution is 6.34. The third kappa shape index (κ3) is 4.48. The molecule has 2 aromatic carbocycles. The van der Waals surface area contributed by atoms with Gasteiger partial charge < -0.3 is 4.74 Å². The second-order valence-electron chi connectivity index (χ2n) is 6.60. The maximum absolute atomic E-state index is 13.6. The Labute approximate surface area is 165 Å². The van der Waals surface area contributed by atoms with E-state index in [1.807, 2.05) is 0 Å². The molecule has 0 aromatic heterocycles. The Morgan fingerprint density at radius 2 is 1.85 bits per heavy atom. The smallest absolute Gasteiger partial charge is 0.377 e. The molecule has 2 aromatic rings. The summed E-state index contributed by atoms with van der Waals surface area (Å²) in [6.07, 6.45) is -3.79. The molecule has 0 fully saturated rings. The van der Waals surface area contributed by atoms with Crippen molar-refractivity contribution < 1.29 is 22.7 Å². The molecule has 0 radical (unpaired) electrons. The average molecular weight is 417 g/mol. The molecule has 144 valence electrons. The lowest BCUT2D eigenvalue weighted by molar-refractivity contribution is -0.149. The second kappa shape index (κ2) is 7.82. The van der Waals surface area contributed by atoms with Gasteiger partial charge in [0.1, 0.15) is 0 Å². The van der Waals surface area contributed by atoms with Crippen LogP contribution in [0.5, 0.6) is 0 Å². The van der Waals surface area contributed by atoms with Crippen LogP contribution >= 0.6 is 23.2 Å². The van der Waals surface area contributed by atoms with Gasteiger partial charge in [0.2, 0.25) is 0 Å². The minimum atomic E-state index is -4.60. The zero-order valence-corrected chi connectivity index (χ0v) is 16.0. The van der Waals surface area contributed by atoms with Crippen LogP contribution in [0.1, 0.15) is 51.9 Å². The number of ketones is 1. The molecule has 0 spiro atoms. The average Bonchev–Trinajstić information content (AvgIpc) is 2.99. The van der Waals surface area contributed by atoms with Gasteiger partial charge >= 0.3 is 6.18 Å².